The van der Waals surface area contributed by atoms with Crippen LogP contribution in [0.15, 0.2) is 18.2 Å². The van der Waals surface area contributed by atoms with Gasteiger partial charge in [0.05, 0.1) is 16.4 Å². The zero-order valence-corrected chi connectivity index (χ0v) is 8.28. The molecular formula is C9H8ClF3N2. The molecule has 0 fully saturated rings. The molecule has 0 atom stereocenters. The molecule has 0 aliphatic rings. The number of nitrogens with one attached hydrogen (secondary N) is 1. The molecule has 6 heteroatoms. The predicted octanol–water partition coefficient (Wildman–Crippen LogP) is 2.84. The quantitative estimate of drug-likeness (QED) is 0.602. The average Bonchev–Trinajstić information content (AvgIpc) is 1.99. The summed E-state index contributed by atoms with van der Waals surface area (Å²) >= 11 is 5.47. The van der Waals surface area contributed by atoms with Gasteiger partial charge in [0.2, 0.25) is 0 Å². The molecular weight excluding hydrogens is 229 g/mol. The Morgan fingerprint density at radius 1 is 1.40 bits per heavy atom. The smallest absolute Gasteiger partial charge is 0.387 e. The molecule has 15 heavy (non-hydrogen) atoms. The molecule has 1 rings (SSSR count). The largest absolute Gasteiger partial charge is 0.417 e. The van der Waals surface area contributed by atoms with Crippen molar-refractivity contribution in [3.05, 3.63) is 34.3 Å². The van der Waals surface area contributed by atoms with Crippen LogP contribution in [-0.4, -0.2) is 5.84 Å². The van der Waals surface area contributed by atoms with Crippen LogP contribution in [0.1, 0.15) is 11.1 Å². The summed E-state index contributed by atoms with van der Waals surface area (Å²) in [5, 5.41) is 6.62. The molecule has 0 saturated carbocycles. The van der Waals surface area contributed by atoms with Crippen molar-refractivity contribution in [2.24, 2.45) is 5.73 Å². The molecule has 0 heterocycles. The molecule has 0 spiro atoms. The van der Waals surface area contributed by atoms with Crippen LogP contribution in [0.4, 0.5) is 13.2 Å². The molecule has 2 nitrogen and oxygen atoms in total. The van der Waals surface area contributed by atoms with E-state index in [0.29, 0.717) is 5.56 Å². The highest BCUT2D eigenvalue weighted by Crippen LogP contribution is 2.34. The molecule has 0 amide bonds. The Morgan fingerprint density at radius 2 is 2.00 bits per heavy atom. The van der Waals surface area contributed by atoms with Crippen molar-refractivity contribution in [3.8, 4) is 0 Å². The third kappa shape index (κ3) is 3.13. The number of halogens is 4. The Balaban J connectivity index is 3.04. The van der Waals surface area contributed by atoms with Gasteiger partial charge in [-0.2, -0.15) is 13.2 Å². The summed E-state index contributed by atoms with van der Waals surface area (Å²) in [6.07, 6.45) is -4.36. The number of hydrogen-bond donors (Lipinski definition) is 2. The van der Waals surface area contributed by atoms with Crippen molar-refractivity contribution in [2.45, 2.75) is 12.6 Å². The summed E-state index contributed by atoms with van der Waals surface area (Å²) in [6.45, 7) is 0. The molecule has 0 aliphatic heterocycles. The highest BCUT2D eigenvalue weighted by molar-refractivity contribution is 6.31. The Kier molecular flexibility index (Phi) is 3.24. The number of rotatable bonds is 2. The third-order valence-electron chi connectivity index (χ3n) is 1.73. The highest BCUT2D eigenvalue weighted by Gasteiger charge is 2.32. The third-order valence-corrected chi connectivity index (χ3v) is 2.05. The van der Waals surface area contributed by atoms with E-state index in [1.54, 1.807) is 0 Å². The molecule has 1 aromatic carbocycles. The monoisotopic (exact) mass is 236 g/mol. The van der Waals surface area contributed by atoms with Crippen molar-refractivity contribution >= 4 is 17.4 Å². The summed E-state index contributed by atoms with van der Waals surface area (Å²) in [7, 11) is 0. The second-order valence-corrected chi connectivity index (χ2v) is 3.42. The van der Waals surface area contributed by atoms with Crippen molar-refractivity contribution < 1.29 is 13.2 Å². The summed E-state index contributed by atoms with van der Waals surface area (Å²) in [4.78, 5) is 0. The fourth-order valence-corrected chi connectivity index (χ4v) is 1.43. The van der Waals surface area contributed by atoms with Crippen LogP contribution >= 0.6 is 11.6 Å². The van der Waals surface area contributed by atoms with Crippen LogP contribution in [0, 0.1) is 5.41 Å². The van der Waals surface area contributed by atoms with Crippen LogP contribution in [-0.2, 0) is 12.6 Å². The highest BCUT2D eigenvalue weighted by atomic mass is 35.5. The van der Waals surface area contributed by atoms with Gasteiger partial charge < -0.3 is 5.73 Å². The second kappa shape index (κ2) is 4.10. The number of hydrogen-bond acceptors (Lipinski definition) is 1. The first-order valence-electron chi connectivity index (χ1n) is 3.99. The van der Waals surface area contributed by atoms with Crippen molar-refractivity contribution in [3.63, 3.8) is 0 Å². The van der Waals surface area contributed by atoms with Crippen molar-refractivity contribution in [2.75, 3.05) is 0 Å². The van der Waals surface area contributed by atoms with E-state index < -0.39 is 11.7 Å². The lowest BCUT2D eigenvalue weighted by Crippen LogP contribution is -2.13. The first kappa shape index (κ1) is 11.8. The number of benzene rings is 1. The first-order chi connectivity index (χ1) is 6.80. The van der Waals surface area contributed by atoms with Gasteiger partial charge in [-0.05, 0) is 17.7 Å². The van der Waals surface area contributed by atoms with Gasteiger partial charge in [0.15, 0.2) is 0 Å². The average molecular weight is 237 g/mol. The van der Waals surface area contributed by atoms with E-state index in [1.807, 2.05) is 0 Å². The Bertz CT molecular complexity index is 387. The van der Waals surface area contributed by atoms with Gasteiger partial charge in [-0.25, -0.2) is 0 Å². The normalized spacial score (nSPS) is 11.5. The van der Waals surface area contributed by atoms with Gasteiger partial charge in [-0.1, -0.05) is 17.7 Å². The van der Waals surface area contributed by atoms with Gasteiger partial charge in [0, 0.05) is 6.42 Å². The van der Waals surface area contributed by atoms with E-state index in [4.69, 9.17) is 22.7 Å². The maximum atomic E-state index is 12.3. The lowest BCUT2D eigenvalue weighted by atomic mass is 10.1. The summed E-state index contributed by atoms with van der Waals surface area (Å²) in [6, 6.07) is 3.32. The van der Waals surface area contributed by atoms with Crippen molar-refractivity contribution in [1.29, 1.82) is 5.41 Å². The lowest BCUT2D eigenvalue weighted by molar-refractivity contribution is -0.137. The van der Waals surface area contributed by atoms with E-state index in [-0.39, 0.29) is 17.3 Å². The molecule has 82 valence electrons. The molecule has 1 aromatic rings. The Labute approximate surface area is 89.4 Å². The maximum absolute atomic E-state index is 12.3. The van der Waals surface area contributed by atoms with Gasteiger partial charge >= 0.3 is 6.18 Å². The van der Waals surface area contributed by atoms with Crippen molar-refractivity contribution in [1.82, 2.24) is 0 Å². The minimum atomic E-state index is -4.45. The van der Waals surface area contributed by atoms with Gasteiger partial charge in [0.25, 0.3) is 0 Å². The lowest BCUT2D eigenvalue weighted by Gasteiger charge is -2.09. The molecule has 3 N–H and O–H groups in total. The van der Waals surface area contributed by atoms with Gasteiger partial charge in [0.1, 0.15) is 0 Å². The van der Waals surface area contributed by atoms with E-state index in [9.17, 15) is 13.2 Å². The Morgan fingerprint density at radius 3 is 2.40 bits per heavy atom. The zero-order chi connectivity index (χ0) is 11.6. The SMILES string of the molecule is N=C(N)Cc1ccc(C(F)(F)F)c(Cl)c1. The maximum Gasteiger partial charge on any atom is 0.417 e. The molecule has 0 unspecified atom stereocenters. The molecule has 0 saturated heterocycles. The van der Waals surface area contributed by atoms with Crippen LogP contribution in [0.2, 0.25) is 5.02 Å². The first-order valence-corrected chi connectivity index (χ1v) is 4.37. The molecule has 0 bridgehead atoms. The van der Waals surface area contributed by atoms with Crippen LogP contribution < -0.4 is 5.73 Å². The van der Waals surface area contributed by atoms with E-state index in [1.165, 1.54) is 12.1 Å². The number of alkyl halides is 3. The molecule has 0 aliphatic carbocycles. The van der Waals surface area contributed by atoms with Crippen LogP contribution in [0.25, 0.3) is 0 Å². The zero-order valence-electron chi connectivity index (χ0n) is 7.53. The summed E-state index contributed by atoms with van der Waals surface area (Å²) in [5.74, 6) is -0.120. The Hall–Kier alpha value is -1.23. The fourth-order valence-electron chi connectivity index (χ4n) is 1.12. The number of nitrogens with two attached hydrogens (primary N) is 1. The minimum Gasteiger partial charge on any atom is -0.387 e. The van der Waals surface area contributed by atoms with Crippen LogP contribution in [0.5, 0.6) is 0 Å². The van der Waals surface area contributed by atoms with Gasteiger partial charge in [-0.15, -0.1) is 0 Å². The standard InChI is InChI=1S/C9H8ClF3N2/c10-7-3-5(4-8(14)15)1-2-6(7)9(11,12)13/h1-3H,4H2,(H3,14,15). The molecule has 0 aromatic heterocycles. The van der Waals surface area contributed by atoms with E-state index >= 15 is 0 Å². The fraction of sp³-hybridized carbons (Fsp3) is 0.222. The van der Waals surface area contributed by atoms with Crippen LogP contribution in [0.3, 0.4) is 0 Å². The molecule has 0 radical (unpaired) electrons. The predicted molar refractivity (Wildman–Crippen MR) is 52.1 cm³/mol. The van der Waals surface area contributed by atoms with Gasteiger partial charge in [-0.3, -0.25) is 5.41 Å². The van der Waals surface area contributed by atoms with E-state index in [0.717, 1.165) is 6.07 Å². The second-order valence-electron chi connectivity index (χ2n) is 3.01. The minimum absolute atomic E-state index is 0.0951. The van der Waals surface area contributed by atoms with E-state index in [2.05, 4.69) is 0 Å². The summed E-state index contributed by atoms with van der Waals surface area (Å²) < 4.78 is 36.9. The topological polar surface area (TPSA) is 49.9 Å². The summed E-state index contributed by atoms with van der Waals surface area (Å²) in [5.41, 5.74) is 4.72. The number of amidine groups is 1.